The van der Waals surface area contributed by atoms with Crippen LogP contribution < -0.4 is 0 Å². The van der Waals surface area contributed by atoms with Crippen LogP contribution in [0.2, 0.25) is 0 Å². The van der Waals surface area contributed by atoms with Crippen molar-refractivity contribution in [1.29, 1.82) is 0 Å². The highest BCUT2D eigenvalue weighted by molar-refractivity contribution is 5.68. The van der Waals surface area contributed by atoms with E-state index >= 15 is 0 Å². The summed E-state index contributed by atoms with van der Waals surface area (Å²) in [5.41, 5.74) is 8.82. The molecular formula is C34H42O3. The maximum Gasteiger partial charge on any atom is 0.293 e. The van der Waals surface area contributed by atoms with Gasteiger partial charge in [0.25, 0.3) is 6.47 Å². The molecule has 0 spiro atoms. The van der Waals surface area contributed by atoms with E-state index in [9.17, 15) is 9.90 Å². The lowest BCUT2D eigenvalue weighted by atomic mass is 9.69. The molecule has 0 aliphatic rings. The Bertz CT molecular complexity index is 1210. The number of hydrogen-bond donors (Lipinski definition) is 1. The van der Waals surface area contributed by atoms with E-state index in [1.807, 2.05) is 32.1 Å². The molecule has 0 aliphatic heterocycles. The zero-order valence-electron chi connectivity index (χ0n) is 23.3. The molecule has 0 aromatic heterocycles. The molecule has 0 saturated carbocycles. The van der Waals surface area contributed by atoms with Gasteiger partial charge in [-0.3, -0.25) is 4.79 Å². The van der Waals surface area contributed by atoms with E-state index in [1.165, 1.54) is 27.8 Å². The molecule has 0 amide bonds. The molecule has 0 unspecified atom stereocenters. The predicted molar refractivity (Wildman–Crippen MR) is 155 cm³/mol. The average Bonchev–Trinajstić information content (AvgIpc) is 2.92. The van der Waals surface area contributed by atoms with Crippen LogP contribution in [0, 0.1) is 13.8 Å². The van der Waals surface area contributed by atoms with Crippen molar-refractivity contribution < 1.29 is 14.6 Å². The van der Waals surface area contributed by atoms with Crippen molar-refractivity contribution in [2.75, 3.05) is 0 Å². The zero-order valence-corrected chi connectivity index (χ0v) is 23.3. The van der Waals surface area contributed by atoms with E-state index in [0.29, 0.717) is 25.9 Å². The van der Waals surface area contributed by atoms with Crippen molar-refractivity contribution in [3.63, 3.8) is 0 Å². The average molecular weight is 499 g/mol. The fourth-order valence-electron chi connectivity index (χ4n) is 5.32. The van der Waals surface area contributed by atoms with Crippen LogP contribution in [-0.2, 0) is 21.6 Å². The van der Waals surface area contributed by atoms with Crippen molar-refractivity contribution in [2.24, 2.45) is 0 Å². The lowest BCUT2D eigenvalue weighted by molar-refractivity contribution is -0.129. The van der Waals surface area contributed by atoms with Crippen LogP contribution in [0.25, 0.3) is 17.2 Å². The maximum atomic E-state index is 10.7. The Morgan fingerprint density at radius 1 is 0.784 bits per heavy atom. The van der Waals surface area contributed by atoms with Gasteiger partial charge in [0, 0.05) is 5.41 Å². The third-order valence-corrected chi connectivity index (χ3v) is 8.19. The van der Waals surface area contributed by atoms with Crippen molar-refractivity contribution in [2.45, 2.75) is 84.8 Å². The van der Waals surface area contributed by atoms with Crippen LogP contribution in [0.5, 0.6) is 0 Å². The second kappa shape index (κ2) is 12.4. The van der Waals surface area contributed by atoms with E-state index < -0.39 is 5.60 Å². The number of rotatable bonds is 12. The number of carbonyl (C=O) groups is 1. The third kappa shape index (κ3) is 6.22. The first-order valence-corrected chi connectivity index (χ1v) is 13.5. The van der Waals surface area contributed by atoms with Crippen LogP contribution >= 0.6 is 0 Å². The number of aryl methyl sites for hydroxylation is 2. The molecule has 0 radical (unpaired) electrons. The van der Waals surface area contributed by atoms with Gasteiger partial charge in [0.15, 0.2) is 0 Å². The Kier molecular flexibility index (Phi) is 9.50. The Hall–Kier alpha value is -3.17. The molecule has 196 valence electrons. The fourth-order valence-corrected chi connectivity index (χ4v) is 5.32. The molecule has 3 nitrogen and oxygen atoms in total. The van der Waals surface area contributed by atoms with Crippen LogP contribution in [0.1, 0.15) is 86.8 Å². The number of hydrogen-bond acceptors (Lipinski definition) is 3. The molecule has 3 aromatic carbocycles. The van der Waals surface area contributed by atoms with Gasteiger partial charge in [0.05, 0.1) is 5.60 Å². The lowest BCUT2D eigenvalue weighted by Crippen LogP contribution is -2.26. The summed E-state index contributed by atoms with van der Waals surface area (Å²) >= 11 is 0. The van der Waals surface area contributed by atoms with Crippen LogP contribution in [0.15, 0.2) is 66.7 Å². The van der Waals surface area contributed by atoms with Gasteiger partial charge in [-0.1, -0.05) is 101 Å². The van der Waals surface area contributed by atoms with E-state index in [2.05, 4.69) is 82.3 Å². The summed E-state index contributed by atoms with van der Waals surface area (Å²) < 4.78 is 4.87. The Morgan fingerprint density at radius 2 is 1.38 bits per heavy atom. The minimum Gasteiger partial charge on any atom is -0.463 e. The Labute approximate surface area is 223 Å². The quantitative estimate of drug-likeness (QED) is 0.255. The smallest absolute Gasteiger partial charge is 0.293 e. The first-order valence-electron chi connectivity index (χ1n) is 13.5. The first-order chi connectivity index (χ1) is 17.8. The molecule has 3 aromatic rings. The van der Waals surface area contributed by atoms with Gasteiger partial charge in [0.2, 0.25) is 0 Å². The SMILES string of the molecule is CCC(O)(/C=C/c1ccc(C(CC)(CC)c2ccc(-c3ccc(COC=O)cc3)c(C)c2)cc1C)CC. The van der Waals surface area contributed by atoms with Crippen molar-refractivity contribution in [1.82, 2.24) is 0 Å². The van der Waals surface area contributed by atoms with Crippen molar-refractivity contribution >= 4 is 12.5 Å². The first kappa shape index (κ1) is 28.4. The monoisotopic (exact) mass is 498 g/mol. The van der Waals surface area contributed by atoms with Gasteiger partial charge >= 0.3 is 0 Å². The number of carbonyl (C=O) groups excluding carboxylic acids is 1. The number of aliphatic hydroxyl groups is 1. The molecule has 0 saturated heterocycles. The number of ether oxygens (including phenoxy) is 1. The summed E-state index contributed by atoms with van der Waals surface area (Å²) in [6.07, 6.45) is 7.45. The summed E-state index contributed by atoms with van der Waals surface area (Å²) in [4.78, 5) is 10.5. The molecule has 3 heteroatoms. The minimum absolute atomic E-state index is 0.0695. The second-order valence-electron chi connectivity index (χ2n) is 10.1. The molecule has 0 fully saturated rings. The van der Waals surface area contributed by atoms with E-state index in [-0.39, 0.29) is 5.41 Å². The van der Waals surface area contributed by atoms with Gasteiger partial charge in [-0.05, 0) is 84.0 Å². The summed E-state index contributed by atoms with van der Waals surface area (Å²) in [5, 5.41) is 10.7. The summed E-state index contributed by atoms with van der Waals surface area (Å²) in [6, 6.07) is 21.9. The van der Waals surface area contributed by atoms with Gasteiger partial charge < -0.3 is 9.84 Å². The normalized spacial score (nSPS) is 12.2. The lowest BCUT2D eigenvalue weighted by Gasteiger charge is -2.34. The summed E-state index contributed by atoms with van der Waals surface area (Å²) in [6.45, 7) is 13.7. The van der Waals surface area contributed by atoms with Crippen LogP contribution in [-0.4, -0.2) is 17.2 Å². The summed E-state index contributed by atoms with van der Waals surface area (Å²) in [7, 11) is 0. The van der Waals surface area contributed by atoms with Crippen molar-refractivity contribution in [3.8, 4) is 11.1 Å². The van der Waals surface area contributed by atoms with E-state index in [4.69, 9.17) is 4.74 Å². The molecule has 1 N–H and O–H groups in total. The minimum atomic E-state index is -0.745. The second-order valence-corrected chi connectivity index (χ2v) is 10.1. The van der Waals surface area contributed by atoms with Crippen molar-refractivity contribution in [3.05, 3.63) is 100 Å². The maximum absolute atomic E-state index is 10.7. The molecular weight excluding hydrogens is 456 g/mol. The van der Waals surface area contributed by atoms with Gasteiger partial charge in [-0.25, -0.2) is 0 Å². The topological polar surface area (TPSA) is 46.5 Å². The van der Waals surface area contributed by atoms with Crippen LogP contribution in [0.3, 0.4) is 0 Å². The highest BCUT2D eigenvalue weighted by Crippen LogP contribution is 2.41. The predicted octanol–water partition coefficient (Wildman–Crippen LogP) is 8.31. The summed E-state index contributed by atoms with van der Waals surface area (Å²) in [5.74, 6) is 0. The fraction of sp³-hybridized carbons (Fsp3) is 0.382. The van der Waals surface area contributed by atoms with Gasteiger partial charge in [0.1, 0.15) is 6.61 Å². The van der Waals surface area contributed by atoms with Gasteiger partial charge in [-0.2, -0.15) is 0 Å². The zero-order chi connectivity index (χ0) is 27.1. The van der Waals surface area contributed by atoms with E-state index in [1.54, 1.807) is 0 Å². The van der Waals surface area contributed by atoms with Gasteiger partial charge in [-0.15, -0.1) is 0 Å². The molecule has 0 atom stereocenters. The Morgan fingerprint density at radius 3 is 1.89 bits per heavy atom. The molecule has 37 heavy (non-hydrogen) atoms. The largest absolute Gasteiger partial charge is 0.463 e. The van der Waals surface area contributed by atoms with E-state index in [0.717, 1.165) is 29.5 Å². The Balaban J connectivity index is 1.95. The molecule has 0 bridgehead atoms. The number of benzene rings is 3. The third-order valence-electron chi connectivity index (χ3n) is 8.19. The van der Waals surface area contributed by atoms with Crippen LogP contribution in [0.4, 0.5) is 0 Å². The molecule has 3 rings (SSSR count). The highest BCUT2D eigenvalue weighted by Gasteiger charge is 2.31. The molecule has 0 aliphatic carbocycles. The standard InChI is InChI=1S/C34H42O3/c1-7-33(36,8-2)20-19-28-15-16-30(21-25(28)5)34(9-3,10-4)31-17-18-32(26(6)22-31)29-13-11-27(12-14-29)23-37-24-35/h11-22,24,36H,7-10,23H2,1-6H3/b20-19+. The highest BCUT2D eigenvalue weighted by atomic mass is 16.5. The molecule has 0 heterocycles.